The first-order valence-electron chi connectivity index (χ1n) is 7.32. The number of piperidine rings is 2. The normalized spacial score (nSPS) is 23.1. The molecule has 0 aromatic rings. The van der Waals surface area contributed by atoms with Gasteiger partial charge in [-0.05, 0) is 38.3 Å². The smallest absolute Gasteiger partial charge is 0.229 e. The lowest BCUT2D eigenvalue weighted by Crippen LogP contribution is -2.43. The number of nitrogens with one attached hydrogen (secondary N) is 1. The van der Waals surface area contributed by atoms with Crippen LogP contribution in [0.3, 0.4) is 0 Å². The van der Waals surface area contributed by atoms with E-state index in [9.17, 15) is 9.59 Å². The topological polar surface area (TPSA) is 58.6 Å². The maximum Gasteiger partial charge on any atom is 0.229 e. The van der Waals surface area contributed by atoms with Crippen LogP contribution in [0.15, 0.2) is 0 Å². The Kier molecular flexibility index (Phi) is 5.34. The molecule has 5 nitrogen and oxygen atoms in total. The summed E-state index contributed by atoms with van der Waals surface area (Å²) in [5.41, 5.74) is 0. The van der Waals surface area contributed by atoms with Gasteiger partial charge in [-0.15, -0.1) is 0 Å². The maximum absolute atomic E-state index is 11.8. The Morgan fingerprint density at radius 1 is 1.21 bits per heavy atom. The summed E-state index contributed by atoms with van der Waals surface area (Å²) < 4.78 is 5.78. The largest absolute Gasteiger partial charge is 0.378 e. The SMILES string of the molecule is CC1CC(=O)N(CCCOC2CCNCC2)C(=O)C1. The predicted octanol–water partition coefficient (Wildman–Crippen LogP) is 0.930. The second-order valence-electron chi connectivity index (χ2n) is 5.63. The molecule has 0 aromatic carbocycles. The third-order valence-corrected chi connectivity index (χ3v) is 3.81. The van der Waals surface area contributed by atoms with E-state index in [0.717, 1.165) is 32.4 Å². The molecule has 2 rings (SSSR count). The van der Waals surface area contributed by atoms with E-state index >= 15 is 0 Å². The van der Waals surface area contributed by atoms with Crippen LogP contribution in [-0.2, 0) is 14.3 Å². The molecule has 2 aliphatic rings. The van der Waals surface area contributed by atoms with Crippen LogP contribution >= 0.6 is 0 Å². The van der Waals surface area contributed by atoms with Gasteiger partial charge in [0.2, 0.25) is 11.8 Å². The van der Waals surface area contributed by atoms with E-state index in [2.05, 4.69) is 5.32 Å². The first-order chi connectivity index (χ1) is 9.16. The van der Waals surface area contributed by atoms with Gasteiger partial charge in [0.05, 0.1) is 6.10 Å². The van der Waals surface area contributed by atoms with Crippen molar-refractivity contribution < 1.29 is 14.3 Å². The van der Waals surface area contributed by atoms with Gasteiger partial charge in [0.1, 0.15) is 0 Å². The summed E-state index contributed by atoms with van der Waals surface area (Å²) in [4.78, 5) is 24.9. The van der Waals surface area contributed by atoms with E-state index in [-0.39, 0.29) is 17.7 Å². The van der Waals surface area contributed by atoms with Crippen molar-refractivity contribution in [2.24, 2.45) is 5.92 Å². The quantitative estimate of drug-likeness (QED) is 0.595. The van der Waals surface area contributed by atoms with Gasteiger partial charge in [0.25, 0.3) is 0 Å². The highest BCUT2D eigenvalue weighted by molar-refractivity contribution is 5.97. The molecule has 2 heterocycles. The minimum Gasteiger partial charge on any atom is -0.378 e. The summed E-state index contributed by atoms with van der Waals surface area (Å²) in [6.07, 6.45) is 4.20. The molecule has 0 aromatic heterocycles. The van der Waals surface area contributed by atoms with E-state index in [1.807, 2.05) is 6.92 Å². The molecule has 108 valence electrons. The third-order valence-electron chi connectivity index (χ3n) is 3.81. The number of amides is 2. The van der Waals surface area contributed by atoms with Crippen molar-refractivity contribution in [1.29, 1.82) is 0 Å². The van der Waals surface area contributed by atoms with Crippen molar-refractivity contribution >= 4 is 11.8 Å². The number of rotatable bonds is 5. The monoisotopic (exact) mass is 268 g/mol. The number of hydrogen-bond donors (Lipinski definition) is 1. The van der Waals surface area contributed by atoms with Gasteiger partial charge in [-0.1, -0.05) is 6.92 Å². The number of hydrogen-bond acceptors (Lipinski definition) is 4. The third kappa shape index (κ3) is 4.28. The zero-order valence-electron chi connectivity index (χ0n) is 11.7. The molecule has 2 aliphatic heterocycles. The molecule has 2 saturated heterocycles. The Labute approximate surface area is 114 Å². The number of ether oxygens (including phenoxy) is 1. The fraction of sp³-hybridized carbons (Fsp3) is 0.857. The number of carbonyl (C=O) groups is 2. The molecule has 2 fully saturated rings. The number of imide groups is 1. The number of carbonyl (C=O) groups excluding carboxylic acids is 2. The molecule has 0 aliphatic carbocycles. The van der Waals surface area contributed by atoms with Gasteiger partial charge in [-0.25, -0.2) is 0 Å². The molecule has 0 atom stereocenters. The summed E-state index contributed by atoms with van der Waals surface area (Å²) in [6.45, 7) is 5.14. The summed E-state index contributed by atoms with van der Waals surface area (Å²) >= 11 is 0. The predicted molar refractivity (Wildman–Crippen MR) is 71.6 cm³/mol. The van der Waals surface area contributed by atoms with Crippen molar-refractivity contribution in [2.75, 3.05) is 26.2 Å². The summed E-state index contributed by atoms with van der Waals surface area (Å²) in [7, 11) is 0. The van der Waals surface area contributed by atoms with Gasteiger partial charge in [0.15, 0.2) is 0 Å². The Morgan fingerprint density at radius 2 is 1.84 bits per heavy atom. The average molecular weight is 268 g/mol. The Balaban J connectivity index is 1.64. The second kappa shape index (κ2) is 7.01. The first-order valence-corrected chi connectivity index (χ1v) is 7.32. The lowest BCUT2D eigenvalue weighted by molar-refractivity contribution is -0.150. The van der Waals surface area contributed by atoms with Crippen LogP contribution in [0.1, 0.15) is 39.0 Å². The zero-order chi connectivity index (χ0) is 13.7. The van der Waals surface area contributed by atoms with E-state index in [1.165, 1.54) is 4.90 Å². The summed E-state index contributed by atoms with van der Waals surface area (Å²) in [5, 5.41) is 3.29. The van der Waals surface area contributed by atoms with E-state index in [4.69, 9.17) is 4.74 Å². The van der Waals surface area contributed by atoms with Crippen LogP contribution in [0.25, 0.3) is 0 Å². The average Bonchev–Trinajstić information content (AvgIpc) is 2.38. The van der Waals surface area contributed by atoms with Crippen molar-refractivity contribution in [1.82, 2.24) is 10.2 Å². The molecule has 0 bridgehead atoms. The zero-order valence-corrected chi connectivity index (χ0v) is 11.7. The Hall–Kier alpha value is -0.940. The van der Waals surface area contributed by atoms with Crippen molar-refractivity contribution in [3.63, 3.8) is 0 Å². The molecule has 5 heteroatoms. The molecular weight excluding hydrogens is 244 g/mol. The van der Waals surface area contributed by atoms with Gasteiger partial charge in [-0.2, -0.15) is 0 Å². The minimum absolute atomic E-state index is 0.0226. The van der Waals surface area contributed by atoms with Crippen molar-refractivity contribution in [2.45, 2.75) is 45.1 Å². The first kappa shape index (κ1) is 14.5. The summed E-state index contributed by atoms with van der Waals surface area (Å²) in [6, 6.07) is 0. The van der Waals surface area contributed by atoms with Crippen LogP contribution in [0.2, 0.25) is 0 Å². The highest BCUT2D eigenvalue weighted by atomic mass is 16.5. The van der Waals surface area contributed by atoms with Crippen LogP contribution in [0.4, 0.5) is 0 Å². The molecule has 2 amide bonds. The van der Waals surface area contributed by atoms with Crippen LogP contribution in [0.5, 0.6) is 0 Å². The number of nitrogens with zero attached hydrogens (tertiary/aromatic N) is 1. The van der Waals surface area contributed by atoms with E-state index in [0.29, 0.717) is 32.1 Å². The van der Waals surface area contributed by atoms with E-state index < -0.39 is 0 Å². The van der Waals surface area contributed by atoms with Gasteiger partial charge >= 0.3 is 0 Å². The lowest BCUT2D eigenvalue weighted by Gasteiger charge is -2.28. The molecule has 0 radical (unpaired) electrons. The fourth-order valence-corrected chi connectivity index (χ4v) is 2.71. The second-order valence-corrected chi connectivity index (χ2v) is 5.63. The molecule has 19 heavy (non-hydrogen) atoms. The lowest BCUT2D eigenvalue weighted by atomic mass is 9.98. The standard InChI is InChI=1S/C14H24N2O3/c1-11-9-13(17)16(14(18)10-11)7-2-8-19-12-3-5-15-6-4-12/h11-12,15H,2-10H2,1H3. The van der Waals surface area contributed by atoms with E-state index in [1.54, 1.807) is 0 Å². The number of likely N-dealkylation sites (tertiary alicyclic amines) is 1. The van der Waals surface area contributed by atoms with Crippen molar-refractivity contribution in [3.8, 4) is 0 Å². The Bertz CT molecular complexity index is 309. The highest BCUT2D eigenvalue weighted by Crippen LogP contribution is 2.19. The van der Waals surface area contributed by atoms with Gasteiger partial charge < -0.3 is 10.1 Å². The molecule has 0 saturated carbocycles. The highest BCUT2D eigenvalue weighted by Gasteiger charge is 2.29. The molecule has 1 N–H and O–H groups in total. The van der Waals surface area contributed by atoms with Crippen LogP contribution < -0.4 is 5.32 Å². The van der Waals surface area contributed by atoms with Crippen molar-refractivity contribution in [3.05, 3.63) is 0 Å². The fourth-order valence-electron chi connectivity index (χ4n) is 2.71. The maximum atomic E-state index is 11.8. The summed E-state index contributed by atoms with van der Waals surface area (Å²) in [5.74, 6) is 0.151. The molecule has 0 spiro atoms. The van der Waals surface area contributed by atoms with Crippen LogP contribution in [0, 0.1) is 5.92 Å². The van der Waals surface area contributed by atoms with Gasteiger partial charge in [0, 0.05) is 26.0 Å². The Morgan fingerprint density at radius 3 is 2.47 bits per heavy atom. The minimum atomic E-state index is -0.0226. The van der Waals surface area contributed by atoms with Crippen LogP contribution in [-0.4, -0.2) is 49.1 Å². The molecule has 0 unspecified atom stereocenters. The van der Waals surface area contributed by atoms with Gasteiger partial charge in [-0.3, -0.25) is 14.5 Å². The molecular formula is C14H24N2O3.